The van der Waals surface area contributed by atoms with E-state index in [-0.39, 0.29) is 11.5 Å². The number of rotatable bonds is 3. The molecule has 0 heterocycles. The summed E-state index contributed by atoms with van der Waals surface area (Å²) < 4.78 is 0. The standard InChI is InChI=1S/C15H27NO/c1-3-11-6-8-12(9-7-11)14(17)15(2)10-4-5-13(15)16/h11-13H,3-10,16H2,1-2H3. The highest BCUT2D eigenvalue weighted by Gasteiger charge is 2.45. The van der Waals surface area contributed by atoms with Crippen LogP contribution in [-0.4, -0.2) is 11.8 Å². The Kier molecular flexibility index (Phi) is 3.92. The third-order valence-electron chi connectivity index (χ3n) is 5.39. The highest BCUT2D eigenvalue weighted by molar-refractivity contribution is 5.87. The van der Waals surface area contributed by atoms with Crippen molar-refractivity contribution in [2.75, 3.05) is 0 Å². The number of Topliss-reactive ketones (excluding diaryl/α,β-unsaturated/α-hetero) is 1. The van der Waals surface area contributed by atoms with Crippen LogP contribution in [0.15, 0.2) is 0 Å². The summed E-state index contributed by atoms with van der Waals surface area (Å²) >= 11 is 0. The average Bonchev–Trinajstić information content (AvgIpc) is 2.70. The molecule has 2 aliphatic rings. The van der Waals surface area contributed by atoms with E-state index in [0.717, 1.165) is 38.0 Å². The van der Waals surface area contributed by atoms with Crippen LogP contribution in [0.5, 0.6) is 0 Å². The van der Waals surface area contributed by atoms with Gasteiger partial charge in [0.1, 0.15) is 5.78 Å². The van der Waals surface area contributed by atoms with Crippen LogP contribution in [0, 0.1) is 17.3 Å². The van der Waals surface area contributed by atoms with Crippen molar-refractivity contribution in [3.8, 4) is 0 Å². The highest BCUT2D eigenvalue weighted by atomic mass is 16.1. The first-order valence-corrected chi connectivity index (χ1v) is 7.37. The van der Waals surface area contributed by atoms with Crippen LogP contribution in [0.3, 0.4) is 0 Å². The van der Waals surface area contributed by atoms with E-state index in [1.165, 1.54) is 19.3 Å². The lowest BCUT2D eigenvalue weighted by atomic mass is 9.69. The molecule has 0 aromatic carbocycles. The van der Waals surface area contributed by atoms with Crippen LogP contribution >= 0.6 is 0 Å². The van der Waals surface area contributed by atoms with Gasteiger partial charge in [0.05, 0.1) is 0 Å². The first-order chi connectivity index (χ1) is 8.08. The van der Waals surface area contributed by atoms with Gasteiger partial charge >= 0.3 is 0 Å². The Morgan fingerprint density at radius 3 is 2.35 bits per heavy atom. The van der Waals surface area contributed by atoms with E-state index in [1.807, 2.05) is 0 Å². The summed E-state index contributed by atoms with van der Waals surface area (Å²) in [6.45, 7) is 4.37. The molecule has 2 unspecified atom stereocenters. The van der Waals surface area contributed by atoms with Crippen LogP contribution in [0.1, 0.15) is 65.2 Å². The molecule has 2 aliphatic carbocycles. The Labute approximate surface area is 105 Å². The fourth-order valence-electron chi connectivity index (χ4n) is 3.80. The van der Waals surface area contributed by atoms with Crippen molar-refractivity contribution in [1.82, 2.24) is 0 Å². The number of hydrogen-bond donors (Lipinski definition) is 1. The molecule has 2 fully saturated rings. The first kappa shape index (κ1) is 13.1. The van der Waals surface area contributed by atoms with E-state index in [2.05, 4.69) is 13.8 Å². The topological polar surface area (TPSA) is 43.1 Å². The minimum atomic E-state index is -0.205. The summed E-state index contributed by atoms with van der Waals surface area (Å²) in [4.78, 5) is 12.6. The molecule has 2 nitrogen and oxygen atoms in total. The third-order valence-corrected chi connectivity index (χ3v) is 5.39. The number of ketones is 1. The normalized spacial score (nSPS) is 42.6. The van der Waals surface area contributed by atoms with E-state index in [1.54, 1.807) is 0 Å². The van der Waals surface area contributed by atoms with Crippen LogP contribution in [-0.2, 0) is 4.79 Å². The molecule has 0 spiro atoms. The third kappa shape index (κ3) is 2.42. The SMILES string of the molecule is CCC1CCC(C(=O)C2(C)CCCC2N)CC1. The Bertz CT molecular complexity index is 281. The fourth-order valence-corrected chi connectivity index (χ4v) is 3.80. The van der Waals surface area contributed by atoms with E-state index >= 15 is 0 Å². The van der Waals surface area contributed by atoms with Gasteiger partial charge in [-0.25, -0.2) is 0 Å². The molecular formula is C15H27NO. The maximum atomic E-state index is 12.6. The van der Waals surface area contributed by atoms with Gasteiger partial charge in [0, 0.05) is 17.4 Å². The number of carbonyl (C=O) groups is 1. The maximum Gasteiger partial charge on any atom is 0.143 e. The minimum absolute atomic E-state index is 0.110. The van der Waals surface area contributed by atoms with Gasteiger partial charge in [-0.2, -0.15) is 0 Å². The summed E-state index contributed by atoms with van der Waals surface area (Å²) in [7, 11) is 0. The quantitative estimate of drug-likeness (QED) is 0.818. The number of hydrogen-bond acceptors (Lipinski definition) is 2. The zero-order valence-electron chi connectivity index (χ0n) is 11.4. The molecule has 0 aromatic heterocycles. The number of nitrogens with two attached hydrogens (primary N) is 1. The summed E-state index contributed by atoms with van der Waals surface area (Å²) in [6.07, 6.45) is 9.18. The molecule has 0 aliphatic heterocycles. The molecule has 2 heteroatoms. The molecule has 2 saturated carbocycles. The second-order valence-corrected chi connectivity index (χ2v) is 6.41. The summed E-state index contributed by atoms with van der Waals surface area (Å²) in [5.74, 6) is 1.66. The molecular weight excluding hydrogens is 210 g/mol. The van der Waals surface area contributed by atoms with Crippen LogP contribution in [0.2, 0.25) is 0 Å². The van der Waals surface area contributed by atoms with Crippen molar-refractivity contribution in [2.24, 2.45) is 23.0 Å². The van der Waals surface area contributed by atoms with Crippen LogP contribution < -0.4 is 5.73 Å². The van der Waals surface area contributed by atoms with Gasteiger partial charge in [-0.3, -0.25) is 4.79 Å². The molecule has 2 rings (SSSR count). The lowest BCUT2D eigenvalue weighted by Crippen LogP contribution is -2.44. The minimum Gasteiger partial charge on any atom is -0.327 e. The average molecular weight is 237 g/mol. The van der Waals surface area contributed by atoms with Crippen molar-refractivity contribution < 1.29 is 4.79 Å². The van der Waals surface area contributed by atoms with Gasteiger partial charge in [0.25, 0.3) is 0 Å². The van der Waals surface area contributed by atoms with E-state index in [9.17, 15) is 4.79 Å². The second kappa shape index (κ2) is 5.09. The fraction of sp³-hybridized carbons (Fsp3) is 0.933. The van der Waals surface area contributed by atoms with Gasteiger partial charge in [0.15, 0.2) is 0 Å². The maximum absolute atomic E-state index is 12.6. The Balaban J connectivity index is 1.97. The predicted molar refractivity (Wildman–Crippen MR) is 70.7 cm³/mol. The molecule has 2 N–H and O–H groups in total. The van der Waals surface area contributed by atoms with E-state index < -0.39 is 0 Å². The monoisotopic (exact) mass is 237 g/mol. The molecule has 0 radical (unpaired) electrons. The van der Waals surface area contributed by atoms with Gasteiger partial charge in [-0.1, -0.05) is 26.7 Å². The second-order valence-electron chi connectivity index (χ2n) is 6.41. The number of carbonyl (C=O) groups excluding carboxylic acids is 1. The van der Waals surface area contributed by atoms with E-state index in [0.29, 0.717) is 11.7 Å². The molecule has 98 valence electrons. The van der Waals surface area contributed by atoms with Crippen molar-refractivity contribution in [3.63, 3.8) is 0 Å². The van der Waals surface area contributed by atoms with Gasteiger partial charge in [-0.05, 0) is 44.4 Å². The molecule has 0 amide bonds. The van der Waals surface area contributed by atoms with Crippen molar-refractivity contribution in [3.05, 3.63) is 0 Å². The smallest absolute Gasteiger partial charge is 0.143 e. The largest absolute Gasteiger partial charge is 0.327 e. The van der Waals surface area contributed by atoms with Gasteiger partial charge in [-0.15, -0.1) is 0 Å². The van der Waals surface area contributed by atoms with Gasteiger partial charge < -0.3 is 5.73 Å². The van der Waals surface area contributed by atoms with Crippen LogP contribution in [0.4, 0.5) is 0 Å². The van der Waals surface area contributed by atoms with Crippen LogP contribution in [0.25, 0.3) is 0 Å². The zero-order chi connectivity index (χ0) is 12.5. The summed E-state index contributed by atoms with van der Waals surface area (Å²) in [5, 5.41) is 0. The zero-order valence-corrected chi connectivity index (χ0v) is 11.4. The van der Waals surface area contributed by atoms with Crippen molar-refractivity contribution in [2.45, 2.75) is 71.3 Å². The van der Waals surface area contributed by atoms with E-state index in [4.69, 9.17) is 5.73 Å². The van der Waals surface area contributed by atoms with Gasteiger partial charge in [0.2, 0.25) is 0 Å². The summed E-state index contributed by atoms with van der Waals surface area (Å²) in [6, 6.07) is 0.110. The molecule has 0 aromatic rings. The Hall–Kier alpha value is -0.370. The predicted octanol–water partition coefficient (Wildman–Crippen LogP) is 3.29. The lowest BCUT2D eigenvalue weighted by molar-refractivity contribution is -0.133. The van der Waals surface area contributed by atoms with Crippen molar-refractivity contribution >= 4 is 5.78 Å². The summed E-state index contributed by atoms with van der Waals surface area (Å²) in [5.41, 5.74) is 5.95. The van der Waals surface area contributed by atoms with Crippen molar-refractivity contribution in [1.29, 1.82) is 0 Å². The molecule has 2 atom stereocenters. The highest BCUT2D eigenvalue weighted by Crippen LogP contribution is 2.43. The Morgan fingerprint density at radius 1 is 1.24 bits per heavy atom. The molecule has 17 heavy (non-hydrogen) atoms. The molecule has 0 bridgehead atoms. The lowest BCUT2D eigenvalue weighted by Gasteiger charge is -2.35. The Morgan fingerprint density at radius 2 is 1.88 bits per heavy atom. The first-order valence-electron chi connectivity index (χ1n) is 7.37. The molecule has 0 saturated heterocycles.